The fraction of sp³-hybridized carbons (Fsp3) is 0.294. The molecule has 2 N–H and O–H groups in total. The predicted octanol–water partition coefficient (Wildman–Crippen LogP) is 3.42. The zero-order valence-corrected chi connectivity index (χ0v) is 12.6. The first-order chi connectivity index (χ1) is 9.70. The number of nitrogen functional groups attached to an aromatic ring is 1. The molecule has 2 aromatic rings. The second-order valence-electron chi connectivity index (χ2n) is 5.49. The highest BCUT2D eigenvalue weighted by Gasteiger charge is 2.22. The fourth-order valence-electron chi connectivity index (χ4n) is 2.77. The monoisotopic (exact) mass is 284 g/mol. The predicted molar refractivity (Wildman–Crippen MR) is 87.0 cm³/mol. The van der Waals surface area contributed by atoms with Crippen LogP contribution in [0.4, 0.5) is 5.69 Å². The normalized spacial score (nSPS) is 17.4. The quantitative estimate of drug-likeness (QED) is 0.872. The van der Waals surface area contributed by atoms with Crippen molar-refractivity contribution in [3.63, 3.8) is 0 Å². The van der Waals surface area contributed by atoms with Crippen LogP contribution in [0.15, 0.2) is 53.4 Å². The summed E-state index contributed by atoms with van der Waals surface area (Å²) < 4.78 is 0. The lowest BCUT2D eigenvalue weighted by Gasteiger charge is -2.20. The molecule has 1 atom stereocenters. The Balaban J connectivity index is 1.57. The van der Waals surface area contributed by atoms with Gasteiger partial charge in [0.25, 0.3) is 0 Å². The first-order valence-electron chi connectivity index (χ1n) is 6.98. The molecule has 0 radical (unpaired) electrons. The van der Waals surface area contributed by atoms with Crippen molar-refractivity contribution in [1.29, 1.82) is 0 Å². The molecule has 3 heteroatoms. The summed E-state index contributed by atoms with van der Waals surface area (Å²) in [5, 5.41) is 0.665. The standard InChI is InChI=1S/C17H20N2S/c1-19(11-13-5-4-7-15(18)9-13)12-16-10-14-6-2-3-8-17(14)20-16/h2-9,16H,10-12,18H2,1H3. The highest BCUT2D eigenvalue weighted by Crippen LogP contribution is 2.37. The van der Waals surface area contributed by atoms with Crippen LogP contribution >= 0.6 is 11.8 Å². The summed E-state index contributed by atoms with van der Waals surface area (Å²) in [5.74, 6) is 0. The minimum atomic E-state index is 0.665. The number of anilines is 1. The van der Waals surface area contributed by atoms with Gasteiger partial charge in [-0.25, -0.2) is 0 Å². The lowest BCUT2D eigenvalue weighted by atomic mass is 10.1. The van der Waals surface area contributed by atoms with Gasteiger partial charge in [-0.15, -0.1) is 11.8 Å². The zero-order chi connectivity index (χ0) is 13.9. The summed E-state index contributed by atoms with van der Waals surface area (Å²) in [6.07, 6.45) is 1.18. The Labute approximate surface area is 125 Å². The Morgan fingerprint density at radius 2 is 2.05 bits per heavy atom. The van der Waals surface area contributed by atoms with E-state index in [1.54, 1.807) is 0 Å². The van der Waals surface area contributed by atoms with Gasteiger partial charge in [-0.2, -0.15) is 0 Å². The smallest absolute Gasteiger partial charge is 0.0317 e. The Bertz CT molecular complexity index is 572. The fourth-order valence-corrected chi connectivity index (χ4v) is 4.18. The van der Waals surface area contributed by atoms with E-state index < -0.39 is 0 Å². The molecule has 0 fully saturated rings. The molecule has 104 valence electrons. The molecule has 2 aromatic carbocycles. The number of hydrogen-bond donors (Lipinski definition) is 1. The van der Waals surface area contributed by atoms with Gasteiger partial charge in [0.2, 0.25) is 0 Å². The van der Waals surface area contributed by atoms with E-state index >= 15 is 0 Å². The molecule has 0 saturated carbocycles. The highest BCUT2D eigenvalue weighted by atomic mass is 32.2. The molecular formula is C17H20N2S. The molecule has 0 bridgehead atoms. The maximum atomic E-state index is 5.83. The Morgan fingerprint density at radius 1 is 1.20 bits per heavy atom. The number of nitrogens with zero attached hydrogens (tertiary/aromatic N) is 1. The van der Waals surface area contributed by atoms with Gasteiger partial charge in [-0.3, -0.25) is 0 Å². The van der Waals surface area contributed by atoms with E-state index in [9.17, 15) is 0 Å². The molecule has 20 heavy (non-hydrogen) atoms. The number of hydrogen-bond acceptors (Lipinski definition) is 3. The van der Waals surface area contributed by atoms with Gasteiger partial charge in [0.05, 0.1) is 0 Å². The van der Waals surface area contributed by atoms with Crippen molar-refractivity contribution >= 4 is 17.4 Å². The summed E-state index contributed by atoms with van der Waals surface area (Å²) in [7, 11) is 2.19. The van der Waals surface area contributed by atoms with Crippen LogP contribution in [0.3, 0.4) is 0 Å². The lowest BCUT2D eigenvalue weighted by molar-refractivity contribution is 0.327. The molecule has 1 unspecified atom stereocenters. The first kappa shape index (κ1) is 13.5. The number of rotatable bonds is 4. The third kappa shape index (κ3) is 3.17. The van der Waals surface area contributed by atoms with E-state index in [0.29, 0.717) is 5.25 Å². The summed E-state index contributed by atoms with van der Waals surface area (Å²) in [4.78, 5) is 3.84. The molecule has 0 aliphatic carbocycles. The molecule has 1 aliphatic heterocycles. The van der Waals surface area contributed by atoms with Crippen LogP contribution in [-0.2, 0) is 13.0 Å². The number of fused-ring (bicyclic) bond motifs is 1. The average Bonchev–Trinajstić information content (AvgIpc) is 2.80. The molecule has 0 amide bonds. The Hall–Kier alpha value is -1.45. The Morgan fingerprint density at radius 3 is 2.85 bits per heavy atom. The molecule has 0 spiro atoms. The summed E-state index contributed by atoms with van der Waals surface area (Å²) in [6.45, 7) is 2.06. The second-order valence-corrected chi connectivity index (χ2v) is 6.84. The van der Waals surface area contributed by atoms with Gasteiger partial charge < -0.3 is 10.6 Å². The first-order valence-corrected chi connectivity index (χ1v) is 7.86. The molecule has 1 heterocycles. The van der Waals surface area contributed by atoms with Crippen molar-refractivity contribution in [3.8, 4) is 0 Å². The third-order valence-electron chi connectivity index (χ3n) is 3.63. The van der Waals surface area contributed by atoms with Crippen molar-refractivity contribution < 1.29 is 0 Å². The van der Waals surface area contributed by atoms with Crippen LogP contribution in [0.5, 0.6) is 0 Å². The van der Waals surface area contributed by atoms with Crippen molar-refractivity contribution in [2.75, 3.05) is 19.3 Å². The van der Waals surface area contributed by atoms with Crippen LogP contribution in [-0.4, -0.2) is 23.7 Å². The SMILES string of the molecule is CN(Cc1cccc(N)c1)CC1Cc2ccccc2S1. The third-order valence-corrected chi connectivity index (χ3v) is 4.93. The van der Waals surface area contributed by atoms with E-state index in [0.717, 1.165) is 18.8 Å². The van der Waals surface area contributed by atoms with E-state index in [4.69, 9.17) is 5.73 Å². The maximum Gasteiger partial charge on any atom is 0.0317 e. The van der Waals surface area contributed by atoms with Gasteiger partial charge in [0, 0.05) is 28.9 Å². The molecular weight excluding hydrogens is 264 g/mol. The van der Waals surface area contributed by atoms with Gasteiger partial charge in [0.15, 0.2) is 0 Å². The lowest BCUT2D eigenvalue weighted by Crippen LogP contribution is -2.26. The molecule has 3 rings (SSSR count). The van der Waals surface area contributed by atoms with E-state index in [-0.39, 0.29) is 0 Å². The number of benzene rings is 2. The van der Waals surface area contributed by atoms with E-state index in [2.05, 4.69) is 48.3 Å². The van der Waals surface area contributed by atoms with Gasteiger partial charge >= 0.3 is 0 Å². The van der Waals surface area contributed by atoms with Crippen molar-refractivity contribution in [2.24, 2.45) is 0 Å². The zero-order valence-electron chi connectivity index (χ0n) is 11.8. The van der Waals surface area contributed by atoms with Crippen LogP contribution < -0.4 is 5.73 Å². The van der Waals surface area contributed by atoms with Gasteiger partial charge in [0.1, 0.15) is 0 Å². The van der Waals surface area contributed by atoms with Gasteiger partial charge in [-0.05, 0) is 42.8 Å². The molecule has 0 saturated heterocycles. The Kier molecular flexibility index (Phi) is 3.99. The minimum Gasteiger partial charge on any atom is -0.399 e. The van der Waals surface area contributed by atoms with Crippen LogP contribution in [0.1, 0.15) is 11.1 Å². The van der Waals surface area contributed by atoms with Crippen LogP contribution in [0.25, 0.3) is 0 Å². The molecule has 2 nitrogen and oxygen atoms in total. The van der Waals surface area contributed by atoms with Gasteiger partial charge in [-0.1, -0.05) is 30.3 Å². The topological polar surface area (TPSA) is 29.3 Å². The van der Waals surface area contributed by atoms with E-state index in [1.165, 1.54) is 22.4 Å². The number of nitrogens with two attached hydrogens (primary N) is 1. The molecule has 0 aromatic heterocycles. The van der Waals surface area contributed by atoms with Crippen LogP contribution in [0, 0.1) is 0 Å². The van der Waals surface area contributed by atoms with Crippen molar-refractivity contribution in [1.82, 2.24) is 4.90 Å². The largest absolute Gasteiger partial charge is 0.399 e. The summed E-state index contributed by atoms with van der Waals surface area (Å²) >= 11 is 2.01. The van der Waals surface area contributed by atoms with Crippen molar-refractivity contribution in [2.45, 2.75) is 23.1 Å². The maximum absolute atomic E-state index is 5.83. The average molecular weight is 284 g/mol. The highest BCUT2D eigenvalue weighted by molar-refractivity contribution is 8.00. The van der Waals surface area contributed by atoms with E-state index in [1.807, 2.05) is 23.9 Å². The second kappa shape index (κ2) is 5.90. The van der Waals surface area contributed by atoms with Crippen molar-refractivity contribution in [3.05, 3.63) is 59.7 Å². The van der Waals surface area contributed by atoms with Crippen LogP contribution in [0.2, 0.25) is 0 Å². The molecule has 1 aliphatic rings. The number of thioether (sulfide) groups is 1. The minimum absolute atomic E-state index is 0.665. The summed E-state index contributed by atoms with van der Waals surface area (Å²) in [6, 6.07) is 16.9. The summed E-state index contributed by atoms with van der Waals surface area (Å²) in [5.41, 5.74) is 9.46.